The summed E-state index contributed by atoms with van der Waals surface area (Å²) < 4.78 is 6.15. The molecule has 0 amide bonds. The zero-order valence-electron chi connectivity index (χ0n) is 10.4. The average molecular weight is 331 g/mol. The number of carboxylic acids is 1. The first-order valence-electron chi connectivity index (χ1n) is 5.91. The maximum atomic E-state index is 11.3. The third kappa shape index (κ3) is 3.23. The molecule has 0 aromatic carbocycles. The molecule has 7 heteroatoms. The quantitative estimate of drug-likeness (QED) is 0.864. The molecule has 1 aromatic heterocycles. The predicted octanol–water partition coefficient (Wildman–Crippen LogP) is 1.13. The molecule has 0 radical (unpaired) electrons. The number of nitrogens with zero attached hydrogens (tertiary/aromatic N) is 2. The third-order valence-electron chi connectivity index (χ3n) is 2.89. The van der Waals surface area contributed by atoms with Gasteiger partial charge in [-0.3, -0.25) is 0 Å². The number of aromatic nitrogens is 1. The van der Waals surface area contributed by atoms with Crippen LogP contribution in [0.15, 0.2) is 16.7 Å². The van der Waals surface area contributed by atoms with Gasteiger partial charge in [-0.25, -0.2) is 9.78 Å². The fraction of sp³-hybridized carbons (Fsp3) is 0.500. The van der Waals surface area contributed by atoms with Crippen LogP contribution in [0.1, 0.15) is 17.3 Å². The highest BCUT2D eigenvalue weighted by Gasteiger charge is 2.28. The Morgan fingerprint density at radius 2 is 2.37 bits per heavy atom. The minimum absolute atomic E-state index is 0.0852. The van der Waals surface area contributed by atoms with Crippen LogP contribution in [0.5, 0.6) is 0 Å². The first kappa shape index (κ1) is 14.2. The van der Waals surface area contributed by atoms with Gasteiger partial charge in [-0.2, -0.15) is 0 Å². The minimum atomic E-state index is -1.02. The monoisotopic (exact) mass is 330 g/mol. The molecule has 2 rings (SSSR count). The van der Waals surface area contributed by atoms with Gasteiger partial charge in [0, 0.05) is 23.8 Å². The number of aliphatic hydroxyl groups excluding tert-OH is 1. The van der Waals surface area contributed by atoms with Gasteiger partial charge in [-0.15, -0.1) is 0 Å². The number of carbonyl (C=O) groups is 1. The van der Waals surface area contributed by atoms with Crippen molar-refractivity contribution in [3.63, 3.8) is 0 Å². The second kappa shape index (κ2) is 5.85. The number of pyridine rings is 1. The number of hydrogen-bond donors (Lipinski definition) is 2. The molecular weight excluding hydrogens is 316 g/mol. The van der Waals surface area contributed by atoms with Crippen LogP contribution >= 0.6 is 15.9 Å². The summed E-state index contributed by atoms with van der Waals surface area (Å²) in [6, 6.07) is 1.53. The maximum absolute atomic E-state index is 11.3. The Labute approximate surface area is 119 Å². The lowest BCUT2D eigenvalue weighted by Gasteiger charge is -2.37. The van der Waals surface area contributed by atoms with Gasteiger partial charge in [0.05, 0.1) is 18.8 Å². The SMILES string of the molecule is CC1CN(c2ncc(Br)cc2C(=O)O)CC(CO)O1. The summed E-state index contributed by atoms with van der Waals surface area (Å²) in [4.78, 5) is 17.3. The van der Waals surface area contributed by atoms with E-state index in [1.165, 1.54) is 6.07 Å². The molecule has 104 valence electrons. The van der Waals surface area contributed by atoms with Crippen molar-refractivity contribution in [2.75, 3.05) is 24.6 Å². The van der Waals surface area contributed by atoms with Crippen LogP contribution in [0.25, 0.3) is 0 Å². The smallest absolute Gasteiger partial charge is 0.339 e. The fourth-order valence-corrected chi connectivity index (χ4v) is 2.49. The second-order valence-corrected chi connectivity index (χ2v) is 5.40. The van der Waals surface area contributed by atoms with E-state index in [9.17, 15) is 15.0 Å². The van der Waals surface area contributed by atoms with E-state index in [2.05, 4.69) is 20.9 Å². The average Bonchev–Trinajstić information content (AvgIpc) is 2.37. The van der Waals surface area contributed by atoms with Crippen molar-refractivity contribution in [1.29, 1.82) is 0 Å². The highest BCUT2D eigenvalue weighted by atomic mass is 79.9. The van der Waals surface area contributed by atoms with Crippen molar-refractivity contribution in [2.45, 2.75) is 19.1 Å². The summed E-state index contributed by atoms with van der Waals surface area (Å²) in [5.74, 6) is -0.618. The van der Waals surface area contributed by atoms with Crippen molar-refractivity contribution in [3.05, 3.63) is 22.3 Å². The number of anilines is 1. The number of aromatic carboxylic acids is 1. The summed E-state index contributed by atoms with van der Waals surface area (Å²) in [5.41, 5.74) is 0.139. The lowest BCUT2D eigenvalue weighted by atomic mass is 10.2. The Morgan fingerprint density at radius 3 is 3.00 bits per heavy atom. The molecule has 1 aliphatic rings. The Kier molecular flexibility index (Phi) is 4.38. The zero-order chi connectivity index (χ0) is 14.0. The molecule has 6 nitrogen and oxygen atoms in total. The molecular formula is C12H15BrN2O4. The number of ether oxygens (including phenoxy) is 1. The van der Waals surface area contributed by atoms with Gasteiger partial charge < -0.3 is 19.8 Å². The highest BCUT2D eigenvalue weighted by molar-refractivity contribution is 9.10. The first-order chi connectivity index (χ1) is 9.01. The van der Waals surface area contributed by atoms with Crippen LogP contribution < -0.4 is 4.90 Å². The van der Waals surface area contributed by atoms with Gasteiger partial charge in [-0.05, 0) is 28.9 Å². The number of hydrogen-bond acceptors (Lipinski definition) is 5. The fourth-order valence-electron chi connectivity index (χ4n) is 2.16. The van der Waals surface area contributed by atoms with E-state index in [0.717, 1.165) is 0 Å². The molecule has 1 aromatic rings. The van der Waals surface area contributed by atoms with Crippen molar-refractivity contribution < 1.29 is 19.7 Å². The highest BCUT2D eigenvalue weighted by Crippen LogP contribution is 2.24. The van der Waals surface area contributed by atoms with Crippen LogP contribution in [0.3, 0.4) is 0 Å². The normalized spacial score (nSPS) is 23.4. The Balaban J connectivity index is 2.32. The van der Waals surface area contributed by atoms with Crippen LogP contribution in [0.2, 0.25) is 0 Å². The molecule has 2 atom stereocenters. The molecule has 0 aliphatic carbocycles. The van der Waals surface area contributed by atoms with Gasteiger partial charge in [0.1, 0.15) is 11.4 Å². The first-order valence-corrected chi connectivity index (χ1v) is 6.70. The molecule has 1 saturated heterocycles. The van der Waals surface area contributed by atoms with E-state index in [1.807, 2.05) is 11.8 Å². The van der Waals surface area contributed by atoms with Gasteiger partial charge in [0.15, 0.2) is 0 Å². The maximum Gasteiger partial charge on any atom is 0.339 e. The number of aliphatic hydroxyl groups is 1. The van der Waals surface area contributed by atoms with Crippen molar-refractivity contribution in [1.82, 2.24) is 4.98 Å². The molecule has 0 saturated carbocycles. The molecule has 2 N–H and O–H groups in total. The molecule has 1 fully saturated rings. The zero-order valence-corrected chi connectivity index (χ0v) is 12.0. The minimum Gasteiger partial charge on any atom is -0.478 e. The summed E-state index contributed by atoms with van der Waals surface area (Å²) in [6.07, 6.45) is 1.16. The standard InChI is InChI=1S/C12H15BrN2O4/c1-7-4-15(5-9(6-16)19-7)11-10(12(17)18)2-8(13)3-14-11/h2-3,7,9,16H,4-6H2,1H3,(H,17,18). The van der Waals surface area contributed by atoms with Gasteiger partial charge in [0.25, 0.3) is 0 Å². The Bertz CT molecular complexity index is 483. The van der Waals surface area contributed by atoms with E-state index in [1.54, 1.807) is 6.20 Å². The van der Waals surface area contributed by atoms with Gasteiger partial charge in [0.2, 0.25) is 0 Å². The Morgan fingerprint density at radius 1 is 1.63 bits per heavy atom. The lowest BCUT2D eigenvalue weighted by Crippen LogP contribution is -2.48. The summed E-state index contributed by atoms with van der Waals surface area (Å²) >= 11 is 3.22. The van der Waals surface area contributed by atoms with Crippen LogP contribution in [0.4, 0.5) is 5.82 Å². The molecule has 2 unspecified atom stereocenters. The van der Waals surface area contributed by atoms with E-state index in [4.69, 9.17) is 4.74 Å². The molecule has 2 heterocycles. The lowest BCUT2D eigenvalue weighted by molar-refractivity contribution is -0.0423. The van der Waals surface area contributed by atoms with Crippen molar-refractivity contribution >= 4 is 27.7 Å². The molecule has 19 heavy (non-hydrogen) atoms. The predicted molar refractivity (Wildman–Crippen MR) is 72.5 cm³/mol. The van der Waals surface area contributed by atoms with Crippen molar-refractivity contribution in [2.24, 2.45) is 0 Å². The number of halogens is 1. The van der Waals surface area contributed by atoms with Crippen LogP contribution in [0, 0.1) is 0 Å². The summed E-state index contributed by atoms with van der Waals surface area (Å²) in [6.45, 7) is 2.76. The van der Waals surface area contributed by atoms with Gasteiger partial charge >= 0.3 is 5.97 Å². The second-order valence-electron chi connectivity index (χ2n) is 4.49. The molecule has 1 aliphatic heterocycles. The van der Waals surface area contributed by atoms with E-state index in [0.29, 0.717) is 23.4 Å². The number of carboxylic acid groups (broad SMARTS) is 1. The molecule has 0 bridgehead atoms. The third-order valence-corrected chi connectivity index (χ3v) is 3.33. The largest absolute Gasteiger partial charge is 0.478 e. The summed E-state index contributed by atoms with van der Waals surface area (Å²) in [7, 11) is 0. The van der Waals surface area contributed by atoms with Crippen molar-refractivity contribution in [3.8, 4) is 0 Å². The number of morpholine rings is 1. The van der Waals surface area contributed by atoms with E-state index >= 15 is 0 Å². The summed E-state index contributed by atoms with van der Waals surface area (Å²) in [5, 5.41) is 18.4. The molecule has 0 spiro atoms. The number of rotatable bonds is 3. The van der Waals surface area contributed by atoms with Gasteiger partial charge in [-0.1, -0.05) is 0 Å². The van der Waals surface area contributed by atoms with Crippen LogP contribution in [-0.2, 0) is 4.74 Å². The Hall–Kier alpha value is -1.18. The van der Waals surface area contributed by atoms with E-state index < -0.39 is 5.97 Å². The van der Waals surface area contributed by atoms with Crippen LogP contribution in [-0.4, -0.2) is 53.1 Å². The topological polar surface area (TPSA) is 82.9 Å². The van der Waals surface area contributed by atoms with E-state index in [-0.39, 0.29) is 24.4 Å².